The van der Waals surface area contributed by atoms with Crippen molar-refractivity contribution in [2.24, 2.45) is 7.05 Å². The van der Waals surface area contributed by atoms with Crippen molar-refractivity contribution in [2.75, 3.05) is 13.1 Å². The van der Waals surface area contributed by atoms with Crippen molar-refractivity contribution < 1.29 is 9.32 Å². The molecule has 4 rings (SSSR count). The van der Waals surface area contributed by atoms with Crippen molar-refractivity contribution >= 4 is 5.91 Å². The van der Waals surface area contributed by atoms with Crippen LogP contribution in [0.4, 0.5) is 0 Å². The molecular formula is C14H15N5O3. The van der Waals surface area contributed by atoms with Crippen LogP contribution in [-0.4, -0.2) is 43.8 Å². The lowest BCUT2D eigenvalue weighted by Gasteiger charge is -2.36. The summed E-state index contributed by atoms with van der Waals surface area (Å²) in [6, 6.07) is 2.80. The van der Waals surface area contributed by atoms with Gasteiger partial charge < -0.3 is 9.42 Å². The third-order valence-corrected chi connectivity index (χ3v) is 4.10. The topological polar surface area (TPSA) is 94.1 Å². The Morgan fingerprint density at radius 1 is 1.27 bits per heavy atom. The minimum Gasteiger partial charge on any atom is -0.339 e. The second kappa shape index (κ2) is 4.75. The second-order valence-corrected chi connectivity index (χ2v) is 5.85. The zero-order valence-corrected chi connectivity index (χ0v) is 12.1. The first-order valence-corrected chi connectivity index (χ1v) is 7.29. The van der Waals surface area contributed by atoms with E-state index in [1.54, 1.807) is 4.90 Å². The fourth-order valence-electron chi connectivity index (χ4n) is 2.50. The van der Waals surface area contributed by atoms with E-state index < -0.39 is 0 Å². The summed E-state index contributed by atoms with van der Waals surface area (Å²) >= 11 is 0. The van der Waals surface area contributed by atoms with E-state index in [0.29, 0.717) is 24.9 Å². The highest BCUT2D eigenvalue weighted by molar-refractivity contribution is 5.92. The summed E-state index contributed by atoms with van der Waals surface area (Å²) < 4.78 is 6.44. The molecule has 0 bridgehead atoms. The molecule has 1 amide bonds. The predicted octanol–water partition coefficient (Wildman–Crippen LogP) is 0.280. The molecule has 1 aliphatic carbocycles. The van der Waals surface area contributed by atoms with Crippen LogP contribution < -0.4 is 5.56 Å². The number of nitrogens with zero attached hydrogens (tertiary/aromatic N) is 5. The van der Waals surface area contributed by atoms with E-state index in [1.165, 1.54) is 19.2 Å². The third kappa shape index (κ3) is 2.20. The average Bonchev–Trinajstić information content (AvgIpc) is 3.20. The molecule has 0 aromatic carbocycles. The molecule has 0 atom stereocenters. The number of rotatable bonds is 3. The van der Waals surface area contributed by atoms with Crippen molar-refractivity contribution in [3.63, 3.8) is 0 Å². The Balaban J connectivity index is 1.42. The molecule has 2 aromatic heterocycles. The van der Waals surface area contributed by atoms with Crippen molar-refractivity contribution in [1.82, 2.24) is 24.8 Å². The van der Waals surface area contributed by atoms with Gasteiger partial charge in [0.1, 0.15) is 5.69 Å². The summed E-state index contributed by atoms with van der Waals surface area (Å²) in [5, 5.41) is 7.96. The van der Waals surface area contributed by atoms with Gasteiger partial charge in [-0.2, -0.15) is 10.1 Å². The molecule has 0 N–H and O–H groups in total. The summed E-state index contributed by atoms with van der Waals surface area (Å²) in [5.41, 5.74) is 0.0289. The lowest BCUT2D eigenvalue weighted by molar-refractivity contribution is 0.0560. The average molecular weight is 301 g/mol. The highest BCUT2D eigenvalue weighted by Gasteiger charge is 2.38. The Morgan fingerprint density at radius 2 is 2.05 bits per heavy atom. The third-order valence-electron chi connectivity index (χ3n) is 4.10. The van der Waals surface area contributed by atoms with Gasteiger partial charge in [0, 0.05) is 32.1 Å². The quantitative estimate of drug-likeness (QED) is 0.808. The number of carbonyl (C=O) groups excluding carboxylic acids is 1. The van der Waals surface area contributed by atoms with Gasteiger partial charge in [0.15, 0.2) is 5.82 Å². The minimum atomic E-state index is -0.239. The maximum atomic E-state index is 12.3. The Hall–Kier alpha value is -2.51. The second-order valence-electron chi connectivity index (χ2n) is 5.85. The van der Waals surface area contributed by atoms with E-state index in [1.807, 2.05) is 0 Å². The zero-order valence-electron chi connectivity index (χ0n) is 12.1. The van der Waals surface area contributed by atoms with Gasteiger partial charge in [-0.25, -0.2) is 4.68 Å². The van der Waals surface area contributed by atoms with Gasteiger partial charge in [0.25, 0.3) is 11.5 Å². The Labute approximate surface area is 125 Å². The van der Waals surface area contributed by atoms with E-state index in [-0.39, 0.29) is 23.1 Å². The van der Waals surface area contributed by atoms with Crippen LogP contribution in [0.5, 0.6) is 0 Å². The van der Waals surface area contributed by atoms with Crippen molar-refractivity contribution in [1.29, 1.82) is 0 Å². The van der Waals surface area contributed by atoms with Crippen LogP contribution in [0.25, 0.3) is 0 Å². The Bertz CT molecular complexity index is 786. The van der Waals surface area contributed by atoms with E-state index in [0.717, 1.165) is 23.3 Å². The summed E-state index contributed by atoms with van der Waals surface area (Å²) in [5.74, 6) is 1.77. The number of aromatic nitrogens is 4. The highest BCUT2D eigenvalue weighted by Crippen LogP contribution is 2.39. The largest absolute Gasteiger partial charge is 0.339 e. The molecule has 0 unspecified atom stereocenters. The van der Waals surface area contributed by atoms with E-state index in [9.17, 15) is 9.59 Å². The minimum absolute atomic E-state index is 0.0940. The van der Waals surface area contributed by atoms with E-state index >= 15 is 0 Å². The molecule has 114 valence electrons. The van der Waals surface area contributed by atoms with Gasteiger partial charge in [-0.05, 0) is 18.9 Å². The lowest BCUT2D eigenvalue weighted by Crippen LogP contribution is -2.49. The molecule has 22 heavy (non-hydrogen) atoms. The van der Waals surface area contributed by atoms with Crippen LogP contribution in [0, 0.1) is 0 Å². The molecule has 1 saturated carbocycles. The molecule has 3 heterocycles. The molecule has 2 aliphatic rings. The van der Waals surface area contributed by atoms with Crippen molar-refractivity contribution in [2.45, 2.75) is 24.7 Å². The Kier molecular flexibility index (Phi) is 2.85. The summed E-state index contributed by atoms with van der Waals surface area (Å²) in [6.45, 7) is 1.07. The van der Waals surface area contributed by atoms with Crippen molar-refractivity contribution in [3.8, 4) is 0 Å². The van der Waals surface area contributed by atoms with Crippen LogP contribution >= 0.6 is 0 Å². The maximum Gasteiger partial charge on any atom is 0.274 e. The predicted molar refractivity (Wildman–Crippen MR) is 74.4 cm³/mol. The van der Waals surface area contributed by atoms with Crippen LogP contribution in [0.2, 0.25) is 0 Å². The number of aryl methyl sites for hydroxylation is 1. The number of hydrogen-bond acceptors (Lipinski definition) is 6. The molecule has 8 nitrogen and oxygen atoms in total. The molecule has 2 fully saturated rings. The van der Waals surface area contributed by atoms with Gasteiger partial charge in [0.2, 0.25) is 5.89 Å². The fraction of sp³-hybridized carbons (Fsp3) is 0.500. The summed E-state index contributed by atoms with van der Waals surface area (Å²) in [6.07, 6.45) is 2.26. The number of carbonyl (C=O) groups is 1. The number of hydrogen-bond donors (Lipinski definition) is 0. The molecule has 0 spiro atoms. The Morgan fingerprint density at radius 3 is 2.73 bits per heavy atom. The number of amides is 1. The first-order valence-electron chi connectivity index (χ1n) is 7.29. The monoisotopic (exact) mass is 301 g/mol. The molecule has 2 aromatic rings. The normalized spacial score (nSPS) is 18.3. The van der Waals surface area contributed by atoms with Crippen LogP contribution in [0.15, 0.2) is 21.5 Å². The molecule has 1 aliphatic heterocycles. The van der Waals surface area contributed by atoms with E-state index in [4.69, 9.17) is 4.52 Å². The van der Waals surface area contributed by atoms with Crippen LogP contribution in [0.3, 0.4) is 0 Å². The van der Waals surface area contributed by atoms with Gasteiger partial charge >= 0.3 is 0 Å². The van der Waals surface area contributed by atoms with Crippen LogP contribution in [0.1, 0.15) is 46.9 Å². The first-order chi connectivity index (χ1) is 10.6. The zero-order chi connectivity index (χ0) is 15.3. The van der Waals surface area contributed by atoms with Crippen LogP contribution in [-0.2, 0) is 7.05 Å². The lowest BCUT2D eigenvalue weighted by atomic mass is 9.99. The smallest absolute Gasteiger partial charge is 0.274 e. The van der Waals surface area contributed by atoms with E-state index in [2.05, 4.69) is 15.2 Å². The van der Waals surface area contributed by atoms with Gasteiger partial charge in [-0.3, -0.25) is 9.59 Å². The standard InChI is InChI=1S/C14H15N5O3/c1-18-11(20)5-4-10(16-18)14(21)19-6-9(7-19)13-15-12(17-22-13)8-2-3-8/h4-5,8-9H,2-3,6-7H2,1H3. The molecule has 8 heteroatoms. The van der Waals surface area contributed by atoms with Gasteiger partial charge in [-0.15, -0.1) is 0 Å². The van der Waals surface area contributed by atoms with Gasteiger partial charge in [0.05, 0.1) is 5.92 Å². The first kappa shape index (κ1) is 13.2. The fourth-order valence-corrected chi connectivity index (χ4v) is 2.50. The number of likely N-dealkylation sites (tertiary alicyclic amines) is 1. The van der Waals surface area contributed by atoms with Gasteiger partial charge in [-0.1, -0.05) is 5.16 Å². The maximum absolute atomic E-state index is 12.3. The molecular weight excluding hydrogens is 286 g/mol. The molecule has 0 radical (unpaired) electrons. The summed E-state index contributed by atoms with van der Waals surface area (Å²) in [4.78, 5) is 29.6. The SMILES string of the molecule is Cn1nc(C(=O)N2CC(c3nc(C4CC4)no3)C2)ccc1=O. The molecule has 1 saturated heterocycles. The van der Waals surface area contributed by atoms with Crippen molar-refractivity contribution in [3.05, 3.63) is 39.9 Å². The summed E-state index contributed by atoms with van der Waals surface area (Å²) in [7, 11) is 1.52. The highest BCUT2D eigenvalue weighted by atomic mass is 16.5.